The quantitative estimate of drug-likeness (QED) is 0.887. The van der Waals surface area contributed by atoms with Gasteiger partial charge in [0.1, 0.15) is 6.07 Å². The zero-order valence-electron chi connectivity index (χ0n) is 11.0. The normalized spacial score (nSPS) is 18.4. The molecular weight excluding hydrogens is 242 g/mol. The summed E-state index contributed by atoms with van der Waals surface area (Å²) in [6.07, 6.45) is 4.09. The maximum Gasteiger partial charge on any atom is 0.100 e. The molecule has 2 heterocycles. The summed E-state index contributed by atoms with van der Waals surface area (Å²) in [5, 5.41) is 14.2. The van der Waals surface area contributed by atoms with Crippen molar-refractivity contribution in [2.75, 3.05) is 19.6 Å². The van der Waals surface area contributed by atoms with E-state index in [0.717, 1.165) is 18.7 Å². The van der Waals surface area contributed by atoms with Crippen LogP contribution >= 0.6 is 11.3 Å². The third kappa shape index (κ3) is 3.81. The van der Waals surface area contributed by atoms with Crippen LogP contribution < -0.4 is 5.32 Å². The van der Waals surface area contributed by atoms with Crippen LogP contribution in [0, 0.1) is 11.3 Å². The fourth-order valence-corrected chi connectivity index (χ4v) is 3.20. The molecule has 0 bridgehead atoms. The van der Waals surface area contributed by atoms with Gasteiger partial charge in [-0.1, -0.05) is 6.42 Å². The molecule has 0 saturated carbocycles. The molecule has 2 rings (SSSR count). The maximum absolute atomic E-state index is 8.76. The van der Waals surface area contributed by atoms with Crippen molar-refractivity contribution in [2.24, 2.45) is 0 Å². The standard InChI is InChI=1S/C14H21N3S/c1-12(17-5-3-2-4-6-17)9-16-10-14-7-13(8-15)11-18-14/h7,11-12,16H,2-6,9-10H2,1H3. The number of likely N-dealkylation sites (tertiary alicyclic amines) is 1. The van der Waals surface area contributed by atoms with Crippen LogP contribution in [-0.4, -0.2) is 30.6 Å². The summed E-state index contributed by atoms with van der Waals surface area (Å²) in [6.45, 7) is 6.71. The highest BCUT2D eigenvalue weighted by Gasteiger charge is 2.15. The van der Waals surface area contributed by atoms with Crippen LogP contribution in [-0.2, 0) is 6.54 Å². The molecule has 1 fully saturated rings. The summed E-state index contributed by atoms with van der Waals surface area (Å²) in [4.78, 5) is 3.82. The topological polar surface area (TPSA) is 39.1 Å². The molecule has 1 aliphatic rings. The van der Waals surface area contributed by atoms with Crippen molar-refractivity contribution in [1.82, 2.24) is 10.2 Å². The summed E-state index contributed by atoms with van der Waals surface area (Å²) >= 11 is 1.66. The first-order chi connectivity index (χ1) is 8.79. The summed E-state index contributed by atoms with van der Waals surface area (Å²) in [5.41, 5.74) is 0.779. The fourth-order valence-electron chi connectivity index (χ4n) is 2.42. The van der Waals surface area contributed by atoms with Crippen LogP contribution in [0.5, 0.6) is 0 Å². The molecule has 1 aromatic rings. The highest BCUT2D eigenvalue weighted by molar-refractivity contribution is 7.10. The Bertz CT molecular complexity index is 401. The molecule has 1 unspecified atom stereocenters. The second-order valence-electron chi connectivity index (χ2n) is 4.99. The van der Waals surface area contributed by atoms with Gasteiger partial charge in [-0.2, -0.15) is 5.26 Å². The molecule has 0 spiro atoms. The minimum atomic E-state index is 0.612. The van der Waals surface area contributed by atoms with Crippen molar-refractivity contribution in [3.8, 4) is 6.07 Å². The SMILES string of the molecule is CC(CNCc1cc(C#N)cs1)N1CCCCC1. The van der Waals surface area contributed by atoms with E-state index >= 15 is 0 Å². The second-order valence-corrected chi connectivity index (χ2v) is 5.99. The predicted octanol–water partition coefficient (Wildman–Crippen LogP) is 2.58. The number of thiophene rings is 1. The van der Waals surface area contributed by atoms with E-state index in [1.54, 1.807) is 11.3 Å². The van der Waals surface area contributed by atoms with E-state index in [-0.39, 0.29) is 0 Å². The van der Waals surface area contributed by atoms with Crippen molar-refractivity contribution in [3.63, 3.8) is 0 Å². The van der Waals surface area contributed by atoms with Gasteiger partial charge in [0.25, 0.3) is 0 Å². The molecule has 0 amide bonds. The van der Waals surface area contributed by atoms with Crippen molar-refractivity contribution in [2.45, 2.75) is 38.8 Å². The molecule has 0 radical (unpaired) electrons. The Kier molecular flexibility index (Phi) is 5.18. The molecule has 0 aromatic carbocycles. The van der Waals surface area contributed by atoms with Gasteiger partial charge in [0.2, 0.25) is 0 Å². The van der Waals surface area contributed by atoms with E-state index in [9.17, 15) is 0 Å². The van der Waals surface area contributed by atoms with Gasteiger partial charge in [-0.15, -0.1) is 11.3 Å². The lowest BCUT2D eigenvalue weighted by atomic mass is 10.1. The summed E-state index contributed by atoms with van der Waals surface area (Å²) in [6, 6.07) is 4.76. The third-order valence-corrected chi connectivity index (χ3v) is 4.47. The monoisotopic (exact) mass is 263 g/mol. The van der Waals surface area contributed by atoms with Crippen LogP contribution in [0.1, 0.15) is 36.6 Å². The lowest BCUT2D eigenvalue weighted by Crippen LogP contribution is -2.42. The van der Waals surface area contributed by atoms with Crippen LogP contribution in [0.2, 0.25) is 0 Å². The van der Waals surface area contributed by atoms with E-state index in [1.165, 1.54) is 37.2 Å². The van der Waals surface area contributed by atoms with Gasteiger partial charge >= 0.3 is 0 Å². The number of hydrogen-bond acceptors (Lipinski definition) is 4. The molecule has 18 heavy (non-hydrogen) atoms. The third-order valence-electron chi connectivity index (χ3n) is 3.54. The van der Waals surface area contributed by atoms with Gasteiger partial charge in [0.15, 0.2) is 0 Å². The van der Waals surface area contributed by atoms with E-state index in [1.807, 2.05) is 11.4 Å². The Balaban J connectivity index is 1.69. The number of piperidine rings is 1. The average Bonchev–Trinajstić information content (AvgIpc) is 2.87. The zero-order valence-corrected chi connectivity index (χ0v) is 11.8. The maximum atomic E-state index is 8.76. The average molecular weight is 263 g/mol. The highest BCUT2D eigenvalue weighted by Crippen LogP contribution is 2.14. The van der Waals surface area contributed by atoms with E-state index in [2.05, 4.69) is 23.2 Å². The van der Waals surface area contributed by atoms with Crippen molar-refractivity contribution >= 4 is 11.3 Å². The van der Waals surface area contributed by atoms with Crippen LogP contribution in [0.25, 0.3) is 0 Å². The number of rotatable bonds is 5. The minimum absolute atomic E-state index is 0.612. The van der Waals surface area contributed by atoms with Gasteiger partial charge in [0, 0.05) is 29.4 Å². The summed E-state index contributed by atoms with van der Waals surface area (Å²) < 4.78 is 0. The van der Waals surface area contributed by atoms with Gasteiger partial charge in [-0.05, 0) is 38.9 Å². The summed E-state index contributed by atoms with van der Waals surface area (Å²) in [5.74, 6) is 0. The van der Waals surface area contributed by atoms with Gasteiger partial charge in [0.05, 0.1) is 5.56 Å². The Hall–Kier alpha value is -0.890. The molecule has 98 valence electrons. The fraction of sp³-hybridized carbons (Fsp3) is 0.643. The van der Waals surface area contributed by atoms with Crippen LogP contribution in [0.4, 0.5) is 0 Å². The molecule has 1 aliphatic heterocycles. The van der Waals surface area contributed by atoms with Crippen molar-refractivity contribution in [3.05, 3.63) is 21.9 Å². The molecule has 1 saturated heterocycles. The van der Waals surface area contributed by atoms with E-state index in [4.69, 9.17) is 5.26 Å². The first-order valence-electron chi connectivity index (χ1n) is 6.72. The Morgan fingerprint density at radius 3 is 2.89 bits per heavy atom. The smallest absolute Gasteiger partial charge is 0.100 e. The molecular formula is C14H21N3S. The Morgan fingerprint density at radius 1 is 1.44 bits per heavy atom. The highest BCUT2D eigenvalue weighted by atomic mass is 32.1. The van der Waals surface area contributed by atoms with Crippen molar-refractivity contribution < 1.29 is 0 Å². The Labute approximate surface area is 113 Å². The first kappa shape index (κ1) is 13.5. The van der Waals surface area contributed by atoms with Crippen LogP contribution in [0.3, 0.4) is 0 Å². The zero-order chi connectivity index (χ0) is 12.8. The van der Waals surface area contributed by atoms with Crippen molar-refractivity contribution in [1.29, 1.82) is 5.26 Å². The number of nitriles is 1. The predicted molar refractivity (Wildman–Crippen MR) is 75.6 cm³/mol. The molecule has 1 aromatic heterocycles. The lowest BCUT2D eigenvalue weighted by Gasteiger charge is -2.32. The number of nitrogens with one attached hydrogen (secondary N) is 1. The molecule has 0 aliphatic carbocycles. The largest absolute Gasteiger partial charge is 0.310 e. The van der Waals surface area contributed by atoms with Crippen LogP contribution in [0.15, 0.2) is 11.4 Å². The molecule has 1 N–H and O–H groups in total. The summed E-state index contributed by atoms with van der Waals surface area (Å²) in [7, 11) is 0. The van der Waals surface area contributed by atoms with Gasteiger partial charge < -0.3 is 5.32 Å². The van der Waals surface area contributed by atoms with Gasteiger partial charge in [-0.25, -0.2) is 0 Å². The van der Waals surface area contributed by atoms with Gasteiger partial charge in [-0.3, -0.25) is 4.90 Å². The lowest BCUT2D eigenvalue weighted by molar-refractivity contribution is 0.171. The number of nitrogens with zero attached hydrogens (tertiary/aromatic N) is 2. The second kappa shape index (κ2) is 6.89. The van der Waals surface area contributed by atoms with E-state index in [0.29, 0.717) is 6.04 Å². The molecule has 4 heteroatoms. The Morgan fingerprint density at radius 2 is 2.22 bits per heavy atom. The van der Waals surface area contributed by atoms with E-state index < -0.39 is 0 Å². The minimum Gasteiger partial charge on any atom is -0.310 e. The first-order valence-corrected chi connectivity index (χ1v) is 7.60. The molecule has 1 atom stereocenters. The number of hydrogen-bond donors (Lipinski definition) is 1. The molecule has 3 nitrogen and oxygen atoms in total.